The quantitative estimate of drug-likeness (QED) is 0.914. The molecule has 0 saturated carbocycles. The van der Waals surface area contributed by atoms with E-state index in [2.05, 4.69) is 47.5 Å². The van der Waals surface area contributed by atoms with E-state index in [1.54, 1.807) is 11.3 Å². The molecule has 18 heavy (non-hydrogen) atoms. The normalized spacial score (nSPS) is 11.6. The summed E-state index contributed by atoms with van der Waals surface area (Å²) in [5.41, 5.74) is 2.47. The summed E-state index contributed by atoms with van der Waals surface area (Å²) >= 11 is 1.67. The van der Waals surface area contributed by atoms with Crippen molar-refractivity contribution >= 4 is 17.2 Å². The molecular formula is C14H19N3S. The fourth-order valence-electron chi connectivity index (χ4n) is 1.61. The third-order valence-electron chi connectivity index (χ3n) is 2.75. The highest BCUT2D eigenvalue weighted by Crippen LogP contribution is 2.22. The van der Waals surface area contributed by atoms with Crippen molar-refractivity contribution in [3.05, 3.63) is 40.0 Å². The van der Waals surface area contributed by atoms with E-state index in [4.69, 9.17) is 0 Å². The van der Waals surface area contributed by atoms with Crippen LogP contribution in [0, 0.1) is 6.92 Å². The Bertz CT molecular complexity index is 509. The minimum Gasteiger partial charge on any atom is -0.364 e. The first-order valence-corrected chi connectivity index (χ1v) is 6.94. The number of rotatable bonds is 3. The molecular weight excluding hydrogens is 242 g/mol. The molecule has 0 unspecified atom stereocenters. The van der Waals surface area contributed by atoms with Gasteiger partial charge in [-0.25, -0.2) is 9.97 Å². The van der Waals surface area contributed by atoms with Crippen molar-refractivity contribution in [2.45, 2.75) is 39.7 Å². The van der Waals surface area contributed by atoms with Crippen LogP contribution in [-0.4, -0.2) is 9.97 Å². The molecule has 0 bridgehead atoms. The van der Waals surface area contributed by atoms with E-state index in [-0.39, 0.29) is 5.41 Å². The van der Waals surface area contributed by atoms with Gasteiger partial charge in [0.25, 0.3) is 0 Å². The highest BCUT2D eigenvalue weighted by Gasteiger charge is 2.13. The number of pyridine rings is 1. The Balaban J connectivity index is 1.98. The fraction of sp³-hybridized carbons (Fsp3) is 0.429. The molecule has 0 fully saturated rings. The van der Waals surface area contributed by atoms with Gasteiger partial charge in [0, 0.05) is 11.6 Å². The number of nitrogens with one attached hydrogen (secondary N) is 1. The van der Waals surface area contributed by atoms with Gasteiger partial charge in [0.05, 0.1) is 17.2 Å². The maximum absolute atomic E-state index is 4.43. The van der Waals surface area contributed by atoms with Crippen molar-refractivity contribution in [1.82, 2.24) is 9.97 Å². The van der Waals surface area contributed by atoms with Crippen LogP contribution in [0.5, 0.6) is 0 Å². The molecule has 4 heteroatoms. The standard InChI is InChI=1S/C14H19N3S/c1-10-17-12(9-18-10)8-16-13-6-5-11(7-15-13)14(2,3)4/h5-7,9H,8H2,1-4H3,(H,15,16). The summed E-state index contributed by atoms with van der Waals surface area (Å²) in [6.07, 6.45) is 1.94. The molecule has 0 saturated heterocycles. The molecule has 3 nitrogen and oxygen atoms in total. The zero-order valence-corrected chi connectivity index (χ0v) is 12.1. The molecule has 0 atom stereocenters. The van der Waals surface area contributed by atoms with Gasteiger partial charge >= 0.3 is 0 Å². The van der Waals surface area contributed by atoms with E-state index in [1.165, 1.54) is 5.56 Å². The molecule has 1 N–H and O–H groups in total. The van der Waals surface area contributed by atoms with Crippen LogP contribution in [0.2, 0.25) is 0 Å². The lowest BCUT2D eigenvalue weighted by atomic mass is 9.88. The molecule has 2 aromatic heterocycles. The van der Waals surface area contributed by atoms with Crippen LogP contribution in [0.4, 0.5) is 5.82 Å². The highest BCUT2D eigenvalue weighted by molar-refractivity contribution is 7.09. The highest BCUT2D eigenvalue weighted by atomic mass is 32.1. The summed E-state index contributed by atoms with van der Waals surface area (Å²) in [6.45, 7) is 9.32. The van der Waals surface area contributed by atoms with Crippen molar-refractivity contribution in [2.75, 3.05) is 5.32 Å². The second-order valence-corrected chi connectivity index (χ2v) is 6.46. The van der Waals surface area contributed by atoms with Crippen LogP contribution < -0.4 is 5.32 Å². The first-order valence-electron chi connectivity index (χ1n) is 6.06. The zero-order chi connectivity index (χ0) is 13.2. The van der Waals surface area contributed by atoms with Gasteiger partial charge in [-0.2, -0.15) is 0 Å². The molecule has 2 heterocycles. The van der Waals surface area contributed by atoms with Gasteiger partial charge in [-0.1, -0.05) is 26.8 Å². The number of anilines is 1. The lowest BCUT2D eigenvalue weighted by Gasteiger charge is -2.18. The van der Waals surface area contributed by atoms with Crippen LogP contribution in [0.25, 0.3) is 0 Å². The summed E-state index contributed by atoms with van der Waals surface area (Å²) in [5, 5.41) is 6.46. The van der Waals surface area contributed by atoms with Crippen LogP contribution in [0.1, 0.15) is 37.0 Å². The van der Waals surface area contributed by atoms with E-state index in [0.29, 0.717) is 0 Å². The van der Waals surface area contributed by atoms with Crippen molar-refractivity contribution < 1.29 is 0 Å². The van der Waals surface area contributed by atoms with Crippen molar-refractivity contribution in [3.8, 4) is 0 Å². The molecule has 0 aliphatic heterocycles. The number of aromatic nitrogens is 2. The molecule has 0 aliphatic carbocycles. The summed E-state index contributed by atoms with van der Waals surface area (Å²) in [5.74, 6) is 0.897. The van der Waals surface area contributed by atoms with Crippen LogP contribution >= 0.6 is 11.3 Å². The number of aryl methyl sites for hydroxylation is 1. The molecule has 0 aromatic carbocycles. The smallest absolute Gasteiger partial charge is 0.126 e. The van der Waals surface area contributed by atoms with Crippen LogP contribution in [0.15, 0.2) is 23.7 Å². The summed E-state index contributed by atoms with van der Waals surface area (Å²) < 4.78 is 0. The summed E-state index contributed by atoms with van der Waals surface area (Å²) in [4.78, 5) is 8.84. The SMILES string of the molecule is Cc1nc(CNc2ccc(C(C)(C)C)cn2)cs1. The third kappa shape index (κ3) is 3.29. The maximum atomic E-state index is 4.43. The number of thiazole rings is 1. The van der Waals surface area contributed by atoms with E-state index >= 15 is 0 Å². The van der Waals surface area contributed by atoms with Gasteiger partial charge < -0.3 is 5.32 Å². The summed E-state index contributed by atoms with van der Waals surface area (Å²) in [7, 11) is 0. The Labute approximate surface area is 112 Å². The predicted octanol–water partition coefficient (Wildman–Crippen LogP) is 3.76. The molecule has 96 valence electrons. The second-order valence-electron chi connectivity index (χ2n) is 5.39. The van der Waals surface area contributed by atoms with Crippen molar-refractivity contribution in [2.24, 2.45) is 0 Å². The Morgan fingerprint density at radius 2 is 2.06 bits per heavy atom. The van der Waals surface area contributed by atoms with E-state index in [1.807, 2.05) is 19.2 Å². The first kappa shape index (κ1) is 13.0. The Morgan fingerprint density at radius 1 is 1.28 bits per heavy atom. The maximum Gasteiger partial charge on any atom is 0.126 e. The first-order chi connectivity index (χ1) is 8.45. The fourth-order valence-corrected chi connectivity index (χ4v) is 2.23. The average Bonchev–Trinajstić information content (AvgIpc) is 2.72. The molecule has 2 aromatic rings. The lowest BCUT2D eigenvalue weighted by molar-refractivity contribution is 0.587. The molecule has 0 radical (unpaired) electrons. The average molecular weight is 261 g/mol. The van der Waals surface area contributed by atoms with Gasteiger partial charge in [-0.05, 0) is 24.0 Å². The second kappa shape index (κ2) is 5.06. The van der Waals surface area contributed by atoms with E-state index in [0.717, 1.165) is 23.1 Å². The summed E-state index contributed by atoms with van der Waals surface area (Å²) in [6, 6.07) is 4.15. The van der Waals surface area contributed by atoms with Crippen molar-refractivity contribution in [1.29, 1.82) is 0 Å². The largest absolute Gasteiger partial charge is 0.364 e. The monoisotopic (exact) mass is 261 g/mol. The number of hydrogen-bond donors (Lipinski definition) is 1. The van der Waals surface area contributed by atoms with Gasteiger partial charge in [0.1, 0.15) is 5.82 Å². The molecule has 0 aliphatic rings. The van der Waals surface area contributed by atoms with Gasteiger partial charge in [0.15, 0.2) is 0 Å². The Kier molecular flexibility index (Phi) is 3.66. The van der Waals surface area contributed by atoms with Gasteiger partial charge in [0.2, 0.25) is 0 Å². The zero-order valence-electron chi connectivity index (χ0n) is 11.3. The Hall–Kier alpha value is -1.42. The topological polar surface area (TPSA) is 37.8 Å². The minimum atomic E-state index is 0.150. The van der Waals surface area contributed by atoms with E-state index < -0.39 is 0 Å². The minimum absolute atomic E-state index is 0.150. The van der Waals surface area contributed by atoms with Gasteiger partial charge in [-0.15, -0.1) is 11.3 Å². The van der Waals surface area contributed by atoms with Crippen LogP contribution in [-0.2, 0) is 12.0 Å². The third-order valence-corrected chi connectivity index (χ3v) is 3.57. The molecule has 0 amide bonds. The lowest BCUT2D eigenvalue weighted by Crippen LogP contribution is -2.11. The van der Waals surface area contributed by atoms with Crippen molar-refractivity contribution in [3.63, 3.8) is 0 Å². The van der Waals surface area contributed by atoms with Crippen LogP contribution in [0.3, 0.4) is 0 Å². The molecule has 2 rings (SSSR count). The molecule has 0 spiro atoms. The number of nitrogens with zero attached hydrogens (tertiary/aromatic N) is 2. The Morgan fingerprint density at radius 3 is 2.56 bits per heavy atom. The van der Waals surface area contributed by atoms with E-state index in [9.17, 15) is 0 Å². The predicted molar refractivity (Wildman–Crippen MR) is 77.1 cm³/mol. The van der Waals surface area contributed by atoms with Gasteiger partial charge in [-0.3, -0.25) is 0 Å². The number of hydrogen-bond acceptors (Lipinski definition) is 4.